The summed E-state index contributed by atoms with van der Waals surface area (Å²) in [6.07, 6.45) is 0. The van der Waals surface area contributed by atoms with E-state index in [1.807, 2.05) is 43.3 Å². The Balaban J connectivity index is 1.74. The van der Waals surface area contributed by atoms with Crippen LogP contribution < -0.4 is 10.9 Å². The minimum atomic E-state index is -0.355. The fraction of sp³-hybridized carbons (Fsp3) is 0.0870. The van der Waals surface area contributed by atoms with Crippen molar-refractivity contribution in [1.82, 2.24) is 9.78 Å². The molecule has 0 radical (unpaired) electrons. The topological polar surface area (TPSA) is 64.0 Å². The van der Waals surface area contributed by atoms with Crippen LogP contribution in [-0.2, 0) is 11.3 Å². The first-order valence-corrected chi connectivity index (χ1v) is 9.51. The van der Waals surface area contributed by atoms with Crippen LogP contribution >= 0.6 is 11.6 Å². The Kier molecular flexibility index (Phi) is 5.14. The quantitative estimate of drug-likeness (QED) is 0.538. The number of carbonyl (C=O) groups is 1. The molecule has 29 heavy (non-hydrogen) atoms. The fourth-order valence-corrected chi connectivity index (χ4v) is 3.36. The molecule has 0 bridgehead atoms. The van der Waals surface area contributed by atoms with Gasteiger partial charge < -0.3 is 5.32 Å². The summed E-state index contributed by atoms with van der Waals surface area (Å²) in [7, 11) is 0. The molecule has 3 aromatic carbocycles. The Hall–Kier alpha value is -3.44. The second-order valence-electron chi connectivity index (χ2n) is 6.78. The summed E-state index contributed by atoms with van der Waals surface area (Å²) in [6, 6.07) is 22.1. The fourth-order valence-electron chi connectivity index (χ4n) is 3.17. The number of aromatic nitrogens is 2. The highest BCUT2D eigenvalue weighted by Crippen LogP contribution is 2.25. The summed E-state index contributed by atoms with van der Waals surface area (Å²) in [6.45, 7) is 1.81. The first kappa shape index (κ1) is 18.9. The van der Waals surface area contributed by atoms with Gasteiger partial charge in [0.15, 0.2) is 0 Å². The van der Waals surface area contributed by atoms with Crippen molar-refractivity contribution in [1.29, 1.82) is 0 Å². The zero-order valence-corrected chi connectivity index (χ0v) is 16.5. The number of anilines is 1. The second kappa shape index (κ2) is 7.89. The number of benzene rings is 3. The summed E-state index contributed by atoms with van der Waals surface area (Å²) in [5.74, 6) is -0.355. The van der Waals surface area contributed by atoms with Crippen LogP contribution in [0.4, 0.5) is 5.69 Å². The molecule has 5 nitrogen and oxygen atoms in total. The van der Waals surface area contributed by atoms with Crippen molar-refractivity contribution in [3.8, 4) is 11.3 Å². The minimum absolute atomic E-state index is 0.199. The molecule has 4 aromatic rings. The van der Waals surface area contributed by atoms with Gasteiger partial charge in [0.2, 0.25) is 5.91 Å². The molecule has 0 aliphatic heterocycles. The lowest BCUT2D eigenvalue weighted by atomic mass is 10.0. The lowest BCUT2D eigenvalue weighted by molar-refractivity contribution is -0.117. The number of hydrogen-bond acceptors (Lipinski definition) is 3. The van der Waals surface area contributed by atoms with Crippen LogP contribution in [0.2, 0.25) is 5.02 Å². The molecule has 0 unspecified atom stereocenters. The van der Waals surface area contributed by atoms with E-state index in [1.54, 1.807) is 36.4 Å². The summed E-state index contributed by atoms with van der Waals surface area (Å²) in [5.41, 5.74) is 2.94. The van der Waals surface area contributed by atoms with Gasteiger partial charge in [-0.1, -0.05) is 65.7 Å². The van der Waals surface area contributed by atoms with E-state index in [-0.39, 0.29) is 18.0 Å². The third kappa shape index (κ3) is 4.05. The second-order valence-corrected chi connectivity index (χ2v) is 7.22. The smallest absolute Gasteiger partial charge is 0.275 e. The first-order chi connectivity index (χ1) is 14.0. The van der Waals surface area contributed by atoms with Crippen molar-refractivity contribution in [2.75, 3.05) is 5.32 Å². The third-order valence-corrected chi connectivity index (χ3v) is 4.83. The van der Waals surface area contributed by atoms with Crippen molar-refractivity contribution in [2.24, 2.45) is 0 Å². The highest BCUT2D eigenvalue weighted by molar-refractivity contribution is 6.30. The monoisotopic (exact) mass is 403 g/mol. The zero-order valence-electron chi connectivity index (χ0n) is 15.7. The number of carbonyl (C=O) groups excluding carboxylic acids is 1. The van der Waals surface area contributed by atoms with E-state index in [1.165, 1.54) is 4.68 Å². The van der Waals surface area contributed by atoms with Gasteiger partial charge in [0.05, 0.1) is 11.1 Å². The summed E-state index contributed by atoms with van der Waals surface area (Å²) in [5, 5.41) is 9.06. The Labute approximate surface area is 172 Å². The molecular weight excluding hydrogens is 386 g/mol. The Morgan fingerprint density at radius 2 is 1.72 bits per heavy atom. The summed E-state index contributed by atoms with van der Waals surface area (Å²) >= 11 is 5.96. The van der Waals surface area contributed by atoms with Crippen molar-refractivity contribution in [3.05, 3.63) is 93.7 Å². The average molecular weight is 404 g/mol. The van der Waals surface area contributed by atoms with Crippen LogP contribution in [0.25, 0.3) is 22.0 Å². The van der Waals surface area contributed by atoms with E-state index in [0.717, 1.165) is 16.5 Å². The lowest BCUT2D eigenvalue weighted by Gasteiger charge is -2.12. The number of nitrogens with zero attached hydrogens (tertiary/aromatic N) is 2. The maximum atomic E-state index is 12.9. The van der Waals surface area contributed by atoms with E-state index in [2.05, 4.69) is 10.4 Å². The van der Waals surface area contributed by atoms with E-state index in [4.69, 9.17) is 11.6 Å². The number of amides is 1. The normalized spacial score (nSPS) is 10.8. The molecule has 1 heterocycles. The predicted octanol–water partition coefficient (Wildman–Crippen LogP) is 4.66. The number of nitrogens with one attached hydrogen (secondary N) is 1. The largest absolute Gasteiger partial charge is 0.324 e. The highest BCUT2D eigenvalue weighted by Gasteiger charge is 2.14. The van der Waals surface area contributed by atoms with Gasteiger partial charge in [-0.2, -0.15) is 5.10 Å². The Morgan fingerprint density at radius 1 is 1.00 bits per heavy atom. The molecule has 1 aromatic heterocycles. The maximum absolute atomic E-state index is 12.9. The van der Waals surface area contributed by atoms with E-state index in [0.29, 0.717) is 21.8 Å². The molecule has 0 aliphatic carbocycles. The van der Waals surface area contributed by atoms with Crippen LogP contribution in [0.15, 0.2) is 77.6 Å². The van der Waals surface area contributed by atoms with Gasteiger partial charge in [-0.05, 0) is 31.2 Å². The van der Waals surface area contributed by atoms with E-state index < -0.39 is 0 Å². The van der Waals surface area contributed by atoms with Gasteiger partial charge in [-0.25, -0.2) is 4.68 Å². The van der Waals surface area contributed by atoms with Gasteiger partial charge in [-0.3, -0.25) is 9.59 Å². The Morgan fingerprint density at radius 3 is 2.45 bits per heavy atom. The van der Waals surface area contributed by atoms with Crippen LogP contribution in [0, 0.1) is 6.92 Å². The molecule has 4 rings (SSSR count). The zero-order chi connectivity index (χ0) is 20.4. The van der Waals surface area contributed by atoms with Crippen molar-refractivity contribution < 1.29 is 4.79 Å². The van der Waals surface area contributed by atoms with Crippen LogP contribution in [0.3, 0.4) is 0 Å². The standard InChI is InChI=1S/C23H18ClN3O2/c1-15-9-11-16(12-10-15)22-19-7-2-3-8-20(19)23(29)27(26-22)14-21(28)25-18-6-4-5-17(24)13-18/h2-13H,14H2,1H3,(H,25,28). The number of halogens is 1. The number of fused-ring (bicyclic) bond motifs is 1. The first-order valence-electron chi connectivity index (χ1n) is 9.13. The maximum Gasteiger partial charge on any atom is 0.275 e. The van der Waals surface area contributed by atoms with Crippen LogP contribution in [-0.4, -0.2) is 15.7 Å². The molecule has 0 saturated carbocycles. The number of rotatable bonds is 4. The van der Waals surface area contributed by atoms with Gasteiger partial charge in [0.1, 0.15) is 6.54 Å². The molecule has 0 fully saturated rings. The van der Waals surface area contributed by atoms with Crippen molar-refractivity contribution in [2.45, 2.75) is 13.5 Å². The van der Waals surface area contributed by atoms with Crippen LogP contribution in [0.1, 0.15) is 5.56 Å². The third-order valence-electron chi connectivity index (χ3n) is 4.59. The summed E-state index contributed by atoms with van der Waals surface area (Å²) < 4.78 is 1.21. The molecule has 0 saturated heterocycles. The molecule has 0 atom stereocenters. The predicted molar refractivity (Wildman–Crippen MR) is 116 cm³/mol. The highest BCUT2D eigenvalue weighted by atomic mass is 35.5. The number of aryl methyl sites for hydroxylation is 1. The van der Waals surface area contributed by atoms with Crippen LogP contribution in [0.5, 0.6) is 0 Å². The SMILES string of the molecule is Cc1ccc(-c2nn(CC(=O)Nc3cccc(Cl)c3)c(=O)c3ccccc23)cc1. The molecule has 6 heteroatoms. The van der Waals surface area contributed by atoms with E-state index in [9.17, 15) is 9.59 Å². The van der Waals surface area contributed by atoms with Gasteiger partial charge in [-0.15, -0.1) is 0 Å². The van der Waals surface area contributed by atoms with Gasteiger partial charge in [0, 0.05) is 21.7 Å². The lowest BCUT2D eigenvalue weighted by Crippen LogP contribution is -2.30. The molecule has 1 N–H and O–H groups in total. The van der Waals surface area contributed by atoms with Crippen molar-refractivity contribution in [3.63, 3.8) is 0 Å². The molecule has 0 spiro atoms. The Bertz CT molecular complexity index is 1260. The number of hydrogen-bond donors (Lipinski definition) is 1. The molecule has 1 amide bonds. The van der Waals surface area contributed by atoms with Gasteiger partial charge in [0.25, 0.3) is 5.56 Å². The average Bonchev–Trinajstić information content (AvgIpc) is 2.71. The van der Waals surface area contributed by atoms with Gasteiger partial charge >= 0.3 is 0 Å². The molecule has 144 valence electrons. The van der Waals surface area contributed by atoms with Crippen molar-refractivity contribution >= 4 is 34.0 Å². The summed E-state index contributed by atoms with van der Waals surface area (Å²) in [4.78, 5) is 25.4. The molecule has 0 aliphatic rings. The molecular formula is C23H18ClN3O2. The minimum Gasteiger partial charge on any atom is -0.324 e. The van der Waals surface area contributed by atoms with E-state index >= 15 is 0 Å².